The van der Waals surface area contributed by atoms with E-state index in [1.807, 2.05) is 42.5 Å². The lowest BCUT2D eigenvalue weighted by molar-refractivity contribution is 0.259. The predicted molar refractivity (Wildman–Crippen MR) is 98.7 cm³/mol. The van der Waals surface area contributed by atoms with Crippen molar-refractivity contribution in [3.8, 4) is 0 Å². The fraction of sp³-hybridized carbons (Fsp3) is 0.176. The quantitative estimate of drug-likeness (QED) is 0.843. The second kappa shape index (κ2) is 7.06. The summed E-state index contributed by atoms with van der Waals surface area (Å²) in [6.45, 7) is 2.79. The van der Waals surface area contributed by atoms with Crippen LogP contribution >= 0.6 is 23.4 Å². The zero-order valence-electron chi connectivity index (χ0n) is 12.6. The van der Waals surface area contributed by atoms with Crippen molar-refractivity contribution in [1.82, 2.24) is 0 Å². The van der Waals surface area contributed by atoms with E-state index in [0.717, 1.165) is 5.69 Å². The number of urea groups is 1. The minimum Gasteiger partial charge on any atom is -0.307 e. The molecule has 0 spiro atoms. The minimum absolute atomic E-state index is 0.251. The highest BCUT2D eigenvalue weighted by Crippen LogP contribution is 2.29. The number of carbonyl (C=O) groups is 1. The number of carbonyl (C=O) groups excluding carboxylic acids is 1. The van der Waals surface area contributed by atoms with Crippen LogP contribution in [0.3, 0.4) is 0 Å². The van der Waals surface area contributed by atoms with E-state index in [1.54, 1.807) is 28.8 Å². The summed E-state index contributed by atoms with van der Waals surface area (Å²) < 4.78 is 0. The maximum absolute atomic E-state index is 12.8. The number of amides is 2. The van der Waals surface area contributed by atoms with Crippen molar-refractivity contribution in [1.29, 1.82) is 0 Å². The highest BCUT2D eigenvalue weighted by Gasteiger charge is 2.27. The molecule has 1 aliphatic heterocycles. The van der Waals surface area contributed by atoms with Gasteiger partial charge in [-0.1, -0.05) is 54.6 Å². The molecule has 0 aliphatic carbocycles. The van der Waals surface area contributed by atoms with Gasteiger partial charge in [0.05, 0.1) is 12.2 Å². The number of aliphatic imine (C=N–C) groups is 1. The van der Waals surface area contributed by atoms with E-state index in [0.29, 0.717) is 27.7 Å². The third-order valence-electron chi connectivity index (χ3n) is 3.28. The van der Waals surface area contributed by atoms with Gasteiger partial charge in [-0.05, 0) is 30.3 Å². The monoisotopic (exact) mass is 345 g/mol. The molecule has 118 valence electrons. The molecule has 0 unspecified atom stereocenters. The Kier molecular flexibility index (Phi) is 4.88. The molecule has 1 N–H and O–H groups in total. The molecular formula is C17H16ClN3OS. The van der Waals surface area contributed by atoms with E-state index in [2.05, 4.69) is 17.2 Å². The van der Waals surface area contributed by atoms with Crippen molar-refractivity contribution in [2.75, 3.05) is 16.8 Å². The van der Waals surface area contributed by atoms with Crippen LogP contribution in [0.15, 0.2) is 59.6 Å². The van der Waals surface area contributed by atoms with Gasteiger partial charge in [0.1, 0.15) is 0 Å². The topological polar surface area (TPSA) is 44.7 Å². The summed E-state index contributed by atoms with van der Waals surface area (Å²) in [6.07, 6.45) is 0. The normalized spacial score (nSPS) is 16.8. The number of para-hydroxylation sites is 1. The molecule has 0 saturated carbocycles. The van der Waals surface area contributed by atoms with Crippen LogP contribution in [0.25, 0.3) is 0 Å². The largest absolute Gasteiger partial charge is 0.332 e. The average molecular weight is 346 g/mol. The summed E-state index contributed by atoms with van der Waals surface area (Å²) in [5.41, 5.74) is 1.44. The summed E-state index contributed by atoms with van der Waals surface area (Å²) >= 11 is 7.67. The van der Waals surface area contributed by atoms with Crippen LogP contribution < -0.4 is 10.2 Å². The second-order valence-corrected chi connectivity index (χ2v) is 7.01. The molecule has 0 radical (unpaired) electrons. The van der Waals surface area contributed by atoms with Crippen LogP contribution in [-0.4, -0.2) is 23.0 Å². The Balaban J connectivity index is 1.90. The van der Waals surface area contributed by atoms with Gasteiger partial charge in [-0.3, -0.25) is 4.99 Å². The first-order chi connectivity index (χ1) is 11.1. The first-order valence-electron chi connectivity index (χ1n) is 7.26. The molecule has 4 nitrogen and oxygen atoms in total. The summed E-state index contributed by atoms with van der Waals surface area (Å²) in [5.74, 6) is 0. The molecule has 0 saturated heterocycles. The Morgan fingerprint density at radius 3 is 2.70 bits per heavy atom. The molecule has 3 rings (SSSR count). The van der Waals surface area contributed by atoms with E-state index in [-0.39, 0.29) is 6.03 Å². The highest BCUT2D eigenvalue weighted by atomic mass is 35.5. The van der Waals surface area contributed by atoms with Gasteiger partial charge in [0.2, 0.25) is 0 Å². The van der Waals surface area contributed by atoms with Crippen LogP contribution in [0.4, 0.5) is 16.2 Å². The van der Waals surface area contributed by atoms with E-state index >= 15 is 0 Å². The fourth-order valence-corrected chi connectivity index (χ4v) is 3.35. The average Bonchev–Trinajstić information content (AvgIpc) is 2.94. The smallest absolute Gasteiger partial charge is 0.307 e. The maximum atomic E-state index is 12.8. The van der Waals surface area contributed by atoms with Gasteiger partial charge < -0.3 is 5.32 Å². The van der Waals surface area contributed by atoms with Crippen LogP contribution in [0.2, 0.25) is 5.02 Å². The Morgan fingerprint density at radius 1 is 1.26 bits per heavy atom. The number of benzene rings is 2. The van der Waals surface area contributed by atoms with E-state index in [9.17, 15) is 4.79 Å². The van der Waals surface area contributed by atoms with Crippen molar-refractivity contribution < 1.29 is 4.79 Å². The van der Waals surface area contributed by atoms with Gasteiger partial charge in [-0.2, -0.15) is 0 Å². The zero-order valence-corrected chi connectivity index (χ0v) is 14.1. The molecule has 2 amide bonds. The standard InChI is InChI=1S/C17H16ClN3OS/c1-12-11-19-17(23-12)21(15-9-5-6-13(18)10-15)16(22)20-14-7-3-2-4-8-14/h2-10,12H,11H2,1H3,(H,20,22)/t12-/m0/s1. The molecule has 1 heterocycles. The minimum atomic E-state index is -0.251. The van der Waals surface area contributed by atoms with Gasteiger partial charge in [0.15, 0.2) is 5.17 Å². The Bertz CT molecular complexity index is 736. The van der Waals surface area contributed by atoms with Gasteiger partial charge in [0.25, 0.3) is 0 Å². The van der Waals surface area contributed by atoms with E-state index in [4.69, 9.17) is 11.6 Å². The van der Waals surface area contributed by atoms with Crippen molar-refractivity contribution in [2.45, 2.75) is 12.2 Å². The molecule has 23 heavy (non-hydrogen) atoms. The molecule has 0 bridgehead atoms. The highest BCUT2D eigenvalue weighted by molar-refractivity contribution is 8.15. The van der Waals surface area contributed by atoms with Crippen molar-refractivity contribution >= 4 is 45.9 Å². The van der Waals surface area contributed by atoms with Crippen LogP contribution in [-0.2, 0) is 0 Å². The lowest BCUT2D eigenvalue weighted by Crippen LogP contribution is -2.38. The van der Waals surface area contributed by atoms with Gasteiger partial charge >= 0.3 is 6.03 Å². The van der Waals surface area contributed by atoms with Crippen molar-refractivity contribution in [3.05, 3.63) is 59.6 Å². The third-order valence-corrected chi connectivity index (χ3v) is 4.59. The number of nitrogens with one attached hydrogen (secondary N) is 1. The van der Waals surface area contributed by atoms with Gasteiger partial charge in [-0.15, -0.1) is 0 Å². The molecule has 0 aromatic heterocycles. The van der Waals surface area contributed by atoms with E-state index < -0.39 is 0 Å². The first-order valence-corrected chi connectivity index (χ1v) is 8.52. The first kappa shape index (κ1) is 15.9. The molecule has 0 fully saturated rings. The number of amidine groups is 1. The van der Waals surface area contributed by atoms with Gasteiger partial charge in [-0.25, -0.2) is 9.69 Å². The SMILES string of the molecule is C[C@H]1CN=C(N(C(=O)Nc2ccccc2)c2cccc(Cl)c2)S1. The molecule has 1 aliphatic rings. The second-order valence-electron chi connectivity index (χ2n) is 5.16. The third kappa shape index (κ3) is 3.86. The number of halogens is 1. The van der Waals surface area contributed by atoms with Crippen molar-refractivity contribution in [3.63, 3.8) is 0 Å². The summed E-state index contributed by atoms with van der Waals surface area (Å²) in [5, 5.41) is 4.53. The van der Waals surface area contributed by atoms with Crippen LogP contribution in [0.5, 0.6) is 0 Å². The number of thioether (sulfide) groups is 1. The number of hydrogen-bond acceptors (Lipinski definition) is 3. The number of nitrogens with zero attached hydrogens (tertiary/aromatic N) is 2. The lowest BCUT2D eigenvalue weighted by Gasteiger charge is -2.23. The lowest BCUT2D eigenvalue weighted by atomic mass is 10.3. The number of rotatable bonds is 2. The van der Waals surface area contributed by atoms with E-state index in [1.165, 1.54) is 0 Å². The number of anilines is 2. The molecule has 1 atom stereocenters. The zero-order chi connectivity index (χ0) is 16.2. The van der Waals surface area contributed by atoms with Crippen molar-refractivity contribution in [2.24, 2.45) is 4.99 Å². The summed E-state index contributed by atoms with van der Waals surface area (Å²) in [6, 6.07) is 16.3. The number of hydrogen-bond donors (Lipinski definition) is 1. The Labute approximate surface area is 144 Å². The maximum Gasteiger partial charge on any atom is 0.332 e. The summed E-state index contributed by atoms with van der Waals surface area (Å²) in [7, 11) is 0. The fourth-order valence-electron chi connectivity index (χ4n) is 2.22. The molecule has 2 aromatic rings. The van der Waals surface area contributed by atoms with Gasteiger partial charge in [0, 0.05) is 16.0 Å². The molecular weight excluding hydrogens is 330 g/mol. The molecule has 2 aromatic carbocycles. The van der Waals surface area contributed by atoms with Crippen LogP contribution in [0.1, 0.15) is 6.92 Å². The Morgan fingerprint density at radius 2 is 2.04 bits per heavy atom. The molecule has 6 heteroatoms. The van der Waals surface area contributed by atoms with Crippen LogP contribution in [0, 0.1) is 0 Å². The summed E-state index contributed by atoms with van der Waals surface area (Å²) in [4.78, 5) is 18.9. The predicted octanol–water partition coefficient (Wildman–Crippen LogP) is 4.87. The Hall–Kier alpha value is -1.98.